The molecule has 6 heteroatoms. The van der Waals surface area contributed by atoms with Gasteiger partial charge in [-0.25, -0.2) is 9.48 Å². The molecule has 0 aliphatic rings. The van der Waals surface area contributed by atoms with Crippen LogP contribution in [0, 0.1) is 6.92 Å². The van der Waals surface area contributed by atoms with E-state index in [4.69, 9.17) is 16.3 Å². The monoisotopic (exact) mass is 309 g/mol. The highest BCUT2D eigenvalue weighted by atomic mass is 35.5. The van der Waals surface area contributed by atoms with Crippen LogP contribution in [-0.4, -0.2) is 21.0 Å². The lowest BCUT2D eigenvalue weighted by atomic mass is 10.1. The molecule has 0 spiro atoms. The van der Waals surface area contributed by atoms with Gasteiger partial charge in [-0.15, -0.1) is 0 Å². The zero-order chi connectivity index (χ0) is 15.6. The van der Waals surface area contributed by atoms with Crippen LogP contribution in [-0.2, 0) is 12.1 Å². The van der Waals surface area contributed by atoms with Crippen molar-refractivity contribution in [3.63, 3.8) is 0 Å². The molecule has 2 aromatic rings. The lowest BCUT2D eigenvalue weighted by molar-refractivity contribution is 0.291. The molecule has 1 heterocycles. The van der Waals surface area contributed by atoms with E-state index in [-0.39, 0.29) is 11.2 Å². The van der Waals surface area contributed by atoms with E-state index in [1.807, 2.05) is 39.8 Å². The van der Waals surface area contributed by atoms with Gasteiger partial charge in [0.05, 0.1) is 17.1 Å². The molecule has 0 aliphatic heterocycles. The van der Waals surface area contributed by atoms with Gasteiger partial charge in [0.2, 0.25) is 0 Å². The first-order valence-electron chi connectivity index (χ1n) is 6.85. The molecule has 0 aliphatic carbocycles. The number of aryl methyl sites for hydroxylation is 1. The third kappa shape index (κ3) is 3.47. The maximum Gasteiger partial charge on any atom is 0.346 e. The molecule has 0 amide bonds. The predicted molar refractivity (Wildman–Crippen MR) is 83.2 cm³/mol. The molecule has 114 valence electrons. The van der Waals surface area contributed by atoms with Crippen molar-refractivity contribution in [1.82, 2.24) is 14.3 Å². The third-order valence-corrected chi connectivity index (χ3v) is 3.40. The highest BCUT2D eigenvalue weighted by Crippen LogP contribution is 2.22. The number of para-hydroxylation sites is 1. The number of nitrogens with zero attached hydrogens (tertiary/aromatic N) is 3. The van der Waals surface area contributed by atoms with Crippen LogP contribution in [0.1, 0.15) is 26.6 Å². The third-order valence-electron chi connectivity index (χ3n) is 3.09. The summed E-state index contributed by atoms with van der Waals surface area (Å²) >= 11 is 6.02. The smallest absolute Gasteiger partial charge is 0.346 e. The number of hydrogen-bond acceptors (Lipinski definition) is 3. The number of benzene rings is 1. The molecule has 5 nitrogen and oxygen atoms in total. The molecule has 1 aromatic heterocycles. The second-order valence-corrected chi connectivity index (χ2v) is 6.25. The SMILES string of the molecule is Cc1nn(C(C)(C)C)c(=O)n1CCOc1ccccc1Cl. The van der Waals surface area contributed by atoms with Crippen LogP contribution >= 0.6 is 11.6 Å². The van der Waals surface area contributed by atoms with Crippen molar-refractivity contribution in [2.45, 2.75) is 39.8 Å². The van der Waals surface area contributed by atoms with E-state index in [1.54, 1.807) is 16.7 Å². The molecule has 0 fully saturated rings. The van der Waals surface area contributed by atoms with Gasteiger partial charge in [0.1, 0.15) is 18.2 Å². The average Bonchev–Trinajstić information content (AvgIpc) is 2.68. The van der Waals surface area contributed by atoms with Crippen molar-refractivity contribution in [2.75, 3.05) is 6.61 Å². The Kier molecular flexibility index (Phi) is 4.42. The average molecular weight is 310 g/mol. The Morgan fingerprint density at radius 2 is 1.95 bits per heavy atom. The molecule has 0 saturated carbocycles. The highest BCUT2D eigenvalue weighted by molar-refractivity contribution is 6.32. The summed E-state index contributed by atoms with van der Waals surface area (Å²) in [5.74, 6) is 1.30. The summed E-state index contributed by atoms with van der Waals surface area (Å²) in [5.41, 5.74) is -0.459. The van der Waals surface area contributed by atoms with Gasteiger partial charge in [-0.05, 0) is 39.8 Å². The number of aromatic nitrogens is 3. The first kappa shape index (κ1) is 15.6. The molecule has 21 heavy (non-hydrogen) atoms. The van der Waals surface area contributed by atoms with E-state index in [1.165, 1.54) is 4.68 Å². The van der Waals surface area contributed by atoms with Gasteiger partial charge in [-0.1, -0.05) is 23.7 Å². The van der Waals surface area contributed by atoms with Gasteiger partial charge < -0.3 is 4.74 Å². The van der Waals surface area contributed by atoms with E-state index in [2.05, 4.69) is 5.10 Å². The Morgan fingerprint density at radius 3 is 2.52 bits per heavy atom. The van der Waals surface area contributed by atoms with Crippen molar-refractivity contribution in [2.24, 2.45) is 0 Å². The normalized spacial score (nSPS) is 11.7. The van der Waals surface area contributed by atoms with Gasteiger partial charge >= 0.3 is 5.69 Å². The molecule has 0 saturated heterocycles. The zero-order valence-corrected chi connectivity index (χ0v) is 13.5. The Bertz CT molecular complexity index is 683. The maximum absolute atomic E-state index is 12.3. The minimum Gasteiger partial charge on any atom is -0.490 e. The number of halogens is 1. The van der Waals surface area contributed by atoms with E-state index < -0.39 is 0 Å². The molecule has 0 N–H and O–H groups in total. The fourth-order valence-electron chi connectivity index (χ4n) is 2.00. The largest absolute Gasteiger partial charge is 0.490 e. The van der Waals surface area contributed by atoms with Gasteiger partial charge in [-0.2, -0.15) is 5.10 Å². The lowest BCUT2D eigenvalue weighted by Gasteiger charge is -2.16. The molecule has 0 bridgehead atoms. The quantitative estimate of drug-likeness (QED) is 0.872. The Labute approximate surface area is 129 Å². The standard InChI is InChI=1S/C15H20ClN3O2/c1-11-17-19(15(2,3)4)14(20)18(11)9-10-21-13-8-6-5-7-12(13)16/h5-8H,9-10H2,1-4H3. The van der Waals surface area contributed by atoms with Gasteiger partial charge in [-0.3, -0.25) is 4.57 Å². The Morgan fingerprint density at radius 1 is 1.29 bits per heavy atom. The maximum atomic E-state index is 12.3. The zero-order valence-electron chi connectivity index (χ0n) is 12.8. The molecule has 1 aromatic carbocycles. The summed E-state index contributed by atoms with van der Waals surface area (Å²) in [7, 11) is 0. The fraction of sp³-hybridized carbons (Fsp3) is 0.467. The van der Waals surface area contributed by atoms with Gasteiger partial charge in [0.15, 0.2) is 0 Å². The first-order valence-corrected chi connectivity index (χ1v) is 7.23. The van der Waals surface area contributed by atoms with E-state index in [9.17, 15) is 4.79 Å². The summed E-state index contributed by atoms with van der Waals surface area (Å²) in [6.07, 6.45) is 0. The van der Waals surface area contributed by atoms with Crippen LogP contribution in [0.3, 0.4) is 0 Å². The first-order chi connectivity index (χ1) is 9.80. The highest BCUT2D eigenvalue weighted by Gasteiger charge is 2.20. The molecule has 2 rings (SSSR count). The number of rotatable bonds is 4. The summed E-state index contributed by atoms with van der Waals surface area (Å²) in [6.45, 7) is 8.47. The van der Waals surface area contributed by atoms with Crippen LogP contribution in [0.25, 0.3) is 0 Å². The van der Waals surface area contributed by atoms with Crippen LogP contribution in [0.2, 0.25) is 5.02 Å². The van der Waals surface area contributed by atoms with Crippen molar-refractivity contribution < 1.29 is 4.74 Å². The fourth-order valence-corrected chi connectivity index (χ4v) is 2.19. The summed E-state index contributed by atoms with van der Waals surface area (Å²) in [6, 6.07) is 7.27. The van der Waals surface area contributed by atoms with Crippen LogP contribution in [0.5, 0.6) is 5.75 Å². The molecular formula is C15H20ClN3O2. The topological polar surface area (TPSA) is 49.0 Å². The van der Waals surface area contributed by atoms with E-state index in [0.717, 1.165) is 0 Å². The Balaban J connectivity index is 2.10. The molecule has 0 atom stereocenters. The van der Waals surface area contributed by atoms with Gasteiger partial charge in [0, 0.05) is 0 Å². The van der Waals surface area contributed by atoms with Gasteiger partial charge in [0.25, 0.3) is 0 Å². The second kappa shape index (κ2) is 5.93. The molecule has 0 radical (unpaired) electrons. The van der Waals surface area contributed by atoms with Crippen LogP contribution < -0.4 is 10.4 Å². The minimum atomic E-state index is -0.337. The van der Waals surface area contributed by atoms with E-state index >= 15 is 0 Å². The van der Waals surface area contributed by atoms with Crippen molar-refractivity contribution >= 4 is 11.6 Å². The van der Waals surface area contributed by atoms with Crippen LogP contribution in [0.4, 0.5) is 0 Å². The Hall–Kier alpha value is -1.75. The minimum absolute atomic E-state index is 0.122. The molecular weight excluding hydrogens is 290 g/mol. The number of hydrogen-bond donors (Lipinski definition) is 0. The number of ether oxygens (including phenoxy) is 1. The van der Waals surface area contributed by atoms with Crippen molar-refractivity contribution in [1.29, 1.82) is 0 Å². The lowest BCUT2D eigenvalue weighted by Crippen LogP contribution is -2.36. The van der Waals surface area contributed by atoms with E-state index in [0.29, 0.717) is 29.7 Å². The molecule has 0 unspecified atom stereocenters. The second-order valence-electron chi connectivity index (χ2n) is 5.84. The van der Waals surface area contributed by atoms with Crippen molar-refractivity contribution in [3.05, 3.63) is 45.6 Å². The summed E-state index contributed by atoms with van der Waals surface area (Å²) < 4.78 is 8.73. The van der Waals surface area contributed by atoms with Crippen LogP contribution in [0.15, 0.2) is 29.1 Å². The predicted octanol–water partition coefficient (Wildman–Crippen LogP) is 2.84. The summed E-state index contributed by atoms with van der Waals surface area (Å²) in [5, 5.41) is 4.87. The van der Waals surface area contributed by atoms with Crippen molar-refractivity contribution in [3.8, 4) is 5.75 Å². The summed E-state index contributed by atoms with van der Waals surface area (Å²) in [4.78, 5) is 12.3.